The van der Waals surface area contributed by atoms with Crippen LogP contribution in [0, 0.1) is 0 Å². The Morgan fingerprint density at radius 1 is 1.59 bits per heavy atom. The highest BCUT2D eigenvalue weighted by molar-refractivity contribution is 9.10. The van der Waals surface area contributed by atoms with Crippen molar-refractivity contribution in [2.75, 3.05) is 11.9 Å². The first-order valence-electron chi connectivity index (χ1n) is 4.75. The van der Waals surface area contributed by atoms with Crippen molar-refractivity contribution in [1.29, 1.82) is 0 Å². The number of nitrogens with zero attached hydrogens (tertiary/aromatic N) is 1. The first-order valence-corrected chi connectivity index (χ1v) is 5.54. The van der Waals surface area contributed by atoms with E-state index < -0.39 is 18.0 Å². The molecule has 0 aliphatic carbocycles. The molecule has 0 aromatic carbocycles. The van der Waals surface area contributed by atoms with Crippen molar-refractivity contribution in [1.82, 2.24) is 4.98 Å². The minimum atomic E-state index is -1.11. The van der Waals surface area contributed by atoms with Gasteiger partial charge in [-0.05, 0) is 35.0 Å². The summed E-state index contributed by atoms with van der Waals surface area (Å²) < 4.78 is 5.61. The number of carbonyl (C=O) groups excluding carboxylic acids is 1. The number of carboxylic acids is 1. The van der Waals surface area contributed by atoms with Crippen LogP contribution in [0.15, 0.2) is 22.8 Å². The number of carboxylic acid groups (broad SMARTS) is 1. The number of halogens is 1. The summed E-state index contributed by atoms with van der Waals surface area (Å²) in [6.07, 6.45) is 0.523. The molecule has 0 saturated heterocycles. The average Bonchev–Trinajstić information content (AvgIpc) is 2.29. The quantitative estimate of drug-likeness (QED) is 0.855. The maximum atomic E-state index is 11.3. The third-order valence-corrected chi connectivity index (χ3v) is 2.28. The van der Waals surface area contributed by atoms with E-state index in [9.17, 15) is 9.59 Å². The molecule has 1 atom stereocenters. The van der Waals surface area contributed by atoms with Crippen molar-refractivity contribution in [3.05, 3.63) is 22.8 Å². The van der Waals surface area contributed by atoms with Crippen molar-refractivity contribution < 1.29 is 19.4 Å². The topological polar surface area (TPSA) is 88.5 Å². The number of hydrogen-bond donors (Lipinski definition) is 2. The SMILES string of the molecule is C[C@H](OCC(=O)Nc1ccc(Br)cn1)C(=O)O. The fourth-order valence-electron chi connectivity index (χ4n) is 0.901. The predicted octanol–water partition coefficient (Wildman–Crippen LogP) is 1.27. The summed E-state index contributed by atoms with van der Waals surface area (Å²) in [5, 5.41) is 11.0. The largest absolute Gasteiger partial charge is 0.479 e. The van der Waals surface area contributed by atoms with Crippen molar-refractivity contribution in [2.45, 2.75) is 13.0 Å². The Bertz CT molecular complexity index is 407. The molecule has 0 unspecified atom stereocenters. The first kappa shape index (κ1) is 13.6. The Morgan fingerprint density at radius 3 is 2.82 bits per heavy atom. The molecule has 0 aliphatic rings. The molecular weight excluding hydrogens is 292 g/mol. The lowest BCUT2D eigenvalue weighted by molar-refractivity contribution is -0.150. The van der Waals surface area contributed by atoms with Gasteiger partial charge in [0.15, 0.2) is 6.10 Å². The van der Waals surface area contributed by atoms with Gasteiger partial charge < -0.3 is 15.2 Å². The van der Waals surface area contributed by atoms with Crippen molar-refractivity contribution in [2.24, 2.45) is 0 Å². The molecule has 1 amide bonds. The molecule has 17 heavy (non-hydrogen) atoms. The summed E-state index contributed by atoms with van der Waals surface area (Å²) in [5.41, 5.74) is 0. The van der Waals surface area contributed by atoms with Crippen LogP contribution >= 0.6 is 15.9 Å². The van der Waals surface area contributed by atoms with E-state index in [-0.39, 0.29) is 6.61 Å². The van der Waals surface area contributed by atoms with E-state index in [1.165, 1.54) is 13.1 Å². The second-order valence-corrected chi connectivity index (χ2v) is 4.12. The summed E-state index contributed by atoms with van der Waals surface area (Å²) in [7, 11) is 0. The smallest absolute Gasteiger partial charge is 0.332 e. The Hall–Kier alpha value is -1.47. The lowest BCUT2D eigenvalue weighted by atomic mass is 10.4. The summed E-state index contributed by atoms with van der Waals surface area (Å²) in [6, 6.07) is 3.34. The number of nitrogens with one attached hydrogen (secondary N) is 1. The molecule has 2 N–H and O–H groups in total. The molecule has 92 valence electrons. The van der Waals surface area contributed by atoms with Crippen LogP contribution in [0.3, 0.4) is 0 Å². The fraction of sp³-hybridized carbons (Fsp3) is 0.300. The van der Waals surface area contributed by atoms with E-state index in [4.69, 9.17) is 9.84 Å². The predicted molar refractivity (Wildman–Crippen MR) is 63.6 cm³/mol. The molecule has 1 heterocycles. The molecule has 0 spiro atoms. The zero-order chi connectivity index (χ0) is 12.8. The van der Waals surface area contributed by atoms with Crippen LogP contribution in [0.5, 0.6) is 0 Å². The zero-order valence-electron chi connectivity index (χ0n) is 9.01. The molecule has 0 aliphatic heterocycles. The number of aliphatic carboxylic acids is 1. The summed E-state index contributed by atoms with van der Waals surface area (Å²) in [4.78, 5) is 25.7. The van der Waals surface area contributed by atoms with E-state index in [0.29, 0.717) is 5.82 Å². The number of carbonyl (C=O) groups is 2. The van der Waals surface area contributed by atoms with Gasteiger partial charge in [0.1, 0.15) is 12.4 Å². The van der Waals surface area contributed by atoms with Crippen LogP contribution in [0.2, 0.25) is 0 Å². The zero-order valence-corrected chi connectivity index (χ0v) is 10.6. The van der Waals surface area contributed by atoms with Crippen LogP contribution in [-0.4, -0.2) is 34.7 Å². The second kappa shape index (κ2) is 6.31. The van der Waals surface area contributed by atoms with E-state index in [1.807, 2.05) is 0 Å². The van der Waals surface area contributed by atoms with Crippen LogP contribution in [0.4, 0.5) is 5.82 Å². The van der Waals surface area contributed by atoms with E-state index in [0.717, 1.165) is 4.47 Å². The van der Waals surface area contributed by atoms with Gasteiger partial charge in [0, 0.05) is 10.7 Å². The normalized spacial score (nSPS) is 11.9. The average molecular weight is 303 g/mol. The Labute approximate surface area is 106 Å². The van der Waals surface area contributed by atoms with Crippen molar-refractivity contribution in [3.63, 3.8) is 0 Å². The number of rotatable bonds is 5. The number of aromatic nitrogens is 1. The maximum Gasteiger partial charge on any atom is 0.332 e. The van der Waals surface area contributed by atoms with Gasteiger partial charge in [-0.25, -0.2) is 9.78 Å². The number of ether oxygens (including phenoxy) is 1. The standard InChI is InChI=1S/C10H11BrN2O4/c1-6(10(15)16)17-5-9(14)13-8-3-2-7(11)4-12-8/h2-4,6H,5H2,1H3,(H,15,16)(H,12,13,14)/t6-/m0/s1. The van der Waals surface area contributed by atoms with Gasteiger partial charge in [-0.3, -0.25) is 4.79 Å². The van der Waals surface area contributed by atoms with Gasteiger partial charge in [-0.2, -0.15) is 0 Å². The third-order valence-electron chi connectivity index (χ3n) is 1.81. The first-order chi connectivity index (χ1) is 7.99. The highest BCUT2D eigenvalue weighted by atomic mass is 79.9. The third kappa shape index (κ3) is 4.92. The Balaban J connectivity index is 2.39. The van der Waals surface area contributed by atoms with Gasteiger partial charge >= 0.3 is 5.97 Å². The van der Waals surface area contributed by atoms with Gasteiger partial charge in [0.05, 0.1) is 0 Å². The molecule has 0 radical (unpaired) electrons. The van der Waals surface area contributed by atoms with Gasteiger partial charge in [0.2, 0.25) is 0 Å². The molecule has 6 nitrogen and oxygen atoms in total. The highest BCUT2D eigenvalue weighted by Gasteiger charge is 2.13. The number of hydrogen-bond acceptors (Lipinski definition) is 4. The van der Waals surface area contributed by atoms with E-state index in [2.05, 4.69) is 26.2 Å². The summed E-state index contributed by atoms with van der Waals surface area (Å²) in [6.45, 7) is 1.03. The molecule has 1 aromatic rings. The highest BCUT2D eigenvalue weighted by Crippen LogP contribution is 2.10. The van der Waals surface area contributed by atoms with E-state index in [1.54, 1.807) is 12.1 Å². The second-order valence-electron chi connectivity index (χ2n) is 3.20. The lowest BCUT2D eigenvalue weighted by Crippen LogP contribution is -2.26. The maximum absolute atomic E-state index is 11.3. The molecule has 0 bridgehead atoms. The number of anilines is 1. The molecule has 1 aromatic heterocycles. The van der Waals surface area contributed by atoms with E-state index >= 15 is 0 Å². The fourth-order valence-corrected chi connectivity index (χ4v) is 1.14. The van der Waals surface area contributed by atoms with Gasteiger partial charge in [0.25, 0.3) is 5.91 Å². The molecular formula is C10H11BrN2O4. The molecule has 0 fully saturated rings. The monoisotopic (exact) mass is 302 g/mol. The van der Waals surface area contributed by atoms with Crippen molar-refractivity contribution >= 4 is 33.6 Å². The number of amides is 1. The van der Waals surface area contributed by atoms with Crippen molar-refractivity contribution in [3.8, 4) is 0 Å². The minimum absolute atomic E-state index is 0.328. The van der Waals surface area contributed by atoms with Crippen LogP contribution in [0.25, 0.3) is 0 Å². The Morgan fingerprint density at radius 2 is 2.29 bits per heavy atom. The summed E-state index contributed by atoms with van der Waals surface area (Å²) >= 11 is 3.21. The summed E-state index contributed by atoms with van der Waals surface area (Å²) in [5.74, 6) is -1.18. The van der Waals surface area contributed by atoms with Crippen LogP contribution in [0.1, 0.15) is 6.92 Å². The molecule has 1 rings (SSSR count). The van der Waals surface area contributed by atoms with Gasteiger partial charge in [-0.1, -0.05) is 0 Å². The van der Waals surface area contributed by atoms with Crippen LogP contribution in [-0.2, 0) is 14.3 Å². The Kier molecular flexibility index (Phi) is 5.05. The lowest BCUT2D eigenvalue weighted by Gasteiger charge is -2.08. The number of pyridine rings is 1. The van der Waals surface area contributed by atoms with Crippen LogP contribution < -0.4 is 5.32 Å². The molecule has 0 saturated carbocycles. The van der Waals surface area contributed by atoms with Gasteiger partial charge in [-0.15, -0.1) is 0 Å². The molecule has 7 heteroatoms. The minimum Gasteiger partial charge on any atom is -0.479 e.